The molecule has 0 saturated carbocycles. The first kappa shape index (κ1) is 114. The molecule has 53 heteroatoms. The number of nitrogens with two attached hydrogens (primary N) is 4. The van der Waals surface area contributed by atoms with Crippen LogP contribution >= 0.6 is 0 Å². The maximum Gasteiger partial charge on any atom is 0.187 e. The Morgan fingerprint density at radius 2 is 0.535 bits per heavy atom. The maximum atomic E-state index is 11.0. The lowest BCUT2D eigenvalue weighted by atomic mass is 9.80. The Balaban J connectivity index is 0.000000302. The van der Waals surface area contributed by atoms with Crippen LogP contribution in [-0.2, 0) is 37.9 Å². The third-order valence-electron chi connectivity index (χ3n) is 23.7. The summed E-state index contributed by atoms with van der Waals surface area (Å²) >= 11 is 0. The molecule has 6 aliphatic heterocycles. The smallest absolute Gasteiger partial charge is 0.187 e. The van der Waals surface area contributed by atoms with Crippen molar-refractivity contribution in [1.29, 1.82) is 0 Å². The van der Waals surface area contributed by atoms with Crippen LogP contribution in [0.3, 0.4) is 0 Å². The Kier molecular flexibility index (Phi) is 46.8. The molecule has 5 aliphatic carbocycles. The van der Waals surface area contributed by atoms with Crippen molar-refractivity contribution in [3.05, 3.63) is 58.2 Å². The number of rotatable bonds is 20. The topological polar surface area (TPSA) is 983 Å². The van der Waals surface area contributed by atoms with Gasteiger partial charge in [0.25, 0.3) is 0 Å². The fraction of sp³-hybridized carbons (Fsp3) is 0.865. The molecule has 50 atom stereocenters. The molecule has 127 heavy (non-hydrogen) atoms. The molecule has 0 aromatic rings. The van der Waals surface area contributed by atoms with Gasteiger partial charge in [-0.1, -0.05) is 30.4 Å². The second-order valence-corrected chi connectivity index (χ2v) is 32.0. The molecular weight excluding hydrogens is 1720 g/mol. The summed E-state index contributed by atoms with van der Waals surface area (Å²) in [6.07, 6.45) is -52.8. The largest absolute Gasteiger partial charge is 0.394 e. The summed E-state index contributed by atoms with van der Waals surface area (Å²) in [5.74, 6) is -1.08. The number of aliphatic hydroxyl groups excluding tert-OH is 38. The molecular formula is C74H137N7O46. The van der Waals surface area contributed by atoms with E-state index < -0.39 is 345 Å². The summed E-state index contributed by atoms with van der Waals surface area (Å²) in [7, 11) is 3.00. The van der Waals surface area contributed by atoms with Crippen molar-refractivity contribution >= 4 is 0 Å². The van der Waals surface area contributed by atoms with Gasteiger partial charge in [0, 0.05) is 5.92 Å². The van der Waals surface area contributed by atoms with E-state index in [0.29, 0.717) is 0 Å². The standard InChI is InChI=1S/C26H45NO17.C19H33NO13.C13H23NO8.2C7H13NO4.2CH5N/c1-7-14(27-10-2-8(4-28)15(31)20(36)17(10)33)19(35)18(34)11(41-7)3-9-12(5-29)43-26(23(39)16(9)32)44-24-13(6-30)42-25(40)22(38)21(24)37;1-5-9(20-7-2-6(3-21)10(23)13(26)11(7)24)12(25)16(29)19(31-5)33-17-8(4-22)32-18(30)15(28)14(17)27;1-4-7(10(18)12(20)13(21)22-4)14-6-2-5(3-15)8(16)11(19)9(6)17;2*8-4-1-3(2-9)5(10)7(12)6(4)11;2*1-2/h2,7,9-40H,3-6H2,1H3;2,5,7-30H,3-4H2,1H3;2,4,6-21H,3H2,1H3;2*1,4-7,9-12H,2,8H2;2*2H2,1H3/t7?,9-,10+,11-,12?,13?,14-,15-,16+,17+,18?,19+,20+,21-,22?,23?,24-,25?,26-;5?,7-,8?,9+,10+,11-,12-,13-,14+,15?,16?,17+,18?,19+;4?,6-,7+,8+,9-,10-,11-,12?,13+;2*4?,5-,6+,7+;;/m10011../s1. The minimum atomic E-state index is -1.82. The molecule has 53 nitrogen and oxygen atoms in total. The summed E-state index contributed by atoms with van der Waals surface area (Å²) in [6, 6.07) is -7.24. The Labute approximate surface area is 726 Å². The fourth-order valence-corrected chi connectivity index (χ4v) is 16.0. The van der Waals surface area contributed by atoms with Gasteiger partial charge < -0.3 is 271 Å². The highest BCUT2D eigenvalue weighted by Gasteiger charge is 2.56. The van der Waals surface area contributed by atoms with Crippen LogP contribution in [0.1, 0.15) is 27.2 Å². The Morgan fingerprint density at radius 1 is 0.268 bits per heavy atom. The van der Waals surface area contributed by atoms with Crippen molar-refractivity contribution in [2.45, 2.75) is 327 Å². The van der Waals surface area contributed by atoms with E-state index in [1.54, 1.807) is 13.8 Å². The summed E-state index contributed by atoms with van der Waals surface area (Å²) in [5.41, 5.74) is 20.5. The third-order valence-corrected chi connectivity index (χ3v) is 23.7. The van der Waals surface area contributed by atoms with Gasteiger partial charge in [0.1, 0.15) is 183 Å². The lowest BCUT2D eigenvalue weighted by molar-refractivity contribution is -0.353. The number of ether oxygens (including phenoxy) is 8. The molecule has 16 unspecified atom stereocenters. The second-order valence-electron chi connectivity index (χ2n) is 32.0. The van der Waals surface area contributed by atoms with E-state index in [4.69, 9.17) is 69.8 Å². The molecule has 0 aromatic carbocycles. The van der Waals surface area contributed by atoms with Crippen LogP contribution in [-0.4, -0.2) is 561 Å². The number of nitrogens with one attached hydrogen (secondary N) is 3. The van der Waals surface area contributed by atoms with Crippen molar-refractivity contribution in [3.8, 4) is 0 Å². The van der Waals surface area contributed by atoms with Crippen molar-refractivity contribution < 1.29 is 232 Å². The lowest BCUT2D eigenvalue weighted by Gasteiger charge is -2.49. The molecule has 0 amide bonds. The van der Waals surface area contributed by atoms with E-state index in [0.717, 1.165) is 0 Å². The summed E-state index contributed by atoms with van der Waals surface area (Å²) < 4.78 is 43.3. The minimum absolute atomic E-state index is 0.0472. The molecule has 744 valence electrons. The molecule has 0 bridgehead atoms. The Hall–Kier alpha value is -3.42. The van der Waals surface area contributed by atoms with Gasteiger partial charge in [0.2, 0.25) is 0 Å². The molecule has 11 aliphatic rings. The predicted molar refractivity (Wildman–Crippen MR) is 421 cm³/mol. The molecule has 6 fully saturated rings. The van der Waals surface area contributed by atoms with Gasteiger partial charge in [-0.3, -0.25) is 0 Å². The Morgan fingerprint density at radius 3 is 0.866 bits per heavy atom. The van der Waals surface area contributed by atoms with Crippen LogP contribution in [0.15, 0.2) is 58.2 Å². The van der Waals surface area contributed by atoms with E-state index in [1.807, 2.05) is 0 Å². The van der Waals surface area contributed by atoms with E-state index in [9.17, 15) is 174 Å². The van der Waals surface area contributed by atoms with Crippen LogP contribution in [0.5, 0.6) is 0 Å². The van der Waals surface area contributed by atoms with Gasteiger partial charge in [-0.2, -0.15) is 0 Å². The van der Waals surface area contributed by atoms with E-state index in [1.165, 1.54) is 51.4 Å². The fourth-order valence-electron chi connectivity index (χ4n) is 16.0. The average molecular weight is 1860 g/mol. The summed E-state index contributed by atoms with van der Waals surface area (Å²) in [5, 5.41) is 382. The van der Waals surface area contributed by atoms with Gasteiger partial charge in [-0.25, -0.2) is 0 Å². The van der Waals surface area contributed by atoms with Crippen molar-refractivity contribution in [3.63, 3.8) is 0 Å². The second kappa shape index (κ2) is 52.0. The summed E-state index contributed by atoms with van der Waals surface area (Å²) in [4.78, 5) is 0. The molecule has 0 radical (unpaired) electrons. The molecule has 11 rings (SSSR count). The Bertz CT molecular complexity index is 3320. The number of aliphatic hydroxyl groups is 38. The zero-order valence-corrected chi connectivity index (χ0v) is 69.7. The SMILES string of the molecule is CC1O[C@@H](O)C(O)[C@@H](O)[C@@H]1N[C@H]1C=C(CO)[C@@H](O)[C@H](O)[C@H]1O.CC1O[C@H](C[C@@H]2C(CO)O[C@H](O[C@@H]3C(CO)OC(O)C(O)[C@H]3O)C(O)[C@H]2O)C(O)[C@@H](O)[C@@H]1N[C@H]1C=C(CO)[C@@H](O)[C@H](O)[C@H]1O.CC1O[C@H](O[C@@H]2C(CO)OC(O)C(O)[C@H]2O)C(O)[C@@H](O)[C@@H]1N[C@H]1C=C(CO)[C@@H](O)[C@H](O)[C@H]1O.CN.CN.NC1C=C(CO)[C@@H](O)[C@H](O)[C@H]1O.NC1C=C(CO)[C@@H](O)[C@H](O)[C@H]1O. The molecule has 6 saturated heterocycles. The first-order valence-corrected chi connectivity index (χ1v) is 40.7. The van der Waals surface area contributed by atoms with Gasteiger partial charge in [0.05, 0.1) is 138 Å². The monoisotopic (exact) mass is 1860 g/mol. The van der Waals surface area contributed by atoms with Crippen molar-refractivity contribution in [2.75, 3.05) is 67.0 Å². The van der Waals surface area contributed by atoms with E-state index >= 15 is 0 Å². The molecule has 49 N–H and O–H groups in total. The van der Waals surface area contributed by atoms with Crippen LogP contribution in [0.25, 0.3) is 0 Å². The van der Waals surface area contributed by atoms with Gasteiger partial charge in [0.15, 0.2) is 31.5 Å². The first-order valence-electron chi connectivity index (χ1n) is 40.7. The van der Waals surface area contributed by atoms with Gasteiger partial charge in [-0.05, 0) is 69.2 Å². The third kappa shape index (κ3) is 27.1. The van der Waals surface area contributed by atoms with E-state index in [2.05, 4.69) is 27.4 Å². The maximum absolute atomic E-state index is 11.0. The highest BCUT2D eigenvalue weighted by atomic mass is 16.7. The van der Waals surface area contributed by atoms with Gasteiger partial charge in [-0.15, -0.1) is 0 Å². The van der Waals surface area contributed by atoms with Crippen LogP contribution in [0.2, 0.25) is 0 Å². The highest BCUT2D eigenvalue weighted by molar-refractivity contribution is 5.26. The molecule has 0 aromatic heterocycles. The first-order chi connectivity index (χ1) is 59.7. The number of hydrogen-bond acceptors (Lipinski definition) is 53. The molecule has 6 heterocycles. The quantitative estimate of drug-likeness (QED) is 0.0503. The molecule has 0 spiro atoms. The number of hydrogen-bond donors (Lipinski definition) is 45. The van der Waals surface area contributed by atoms with Crippen LogP contribution < -0.4 is 38.9 Å². The van der Waals surface area contributed by atoms with Crippen molar-refractivity contribution in [2.24, 2.45) is 28.9 Å². The normalized spacial score (nSPS) is 48.1. The zero-order valence-electron chi connectivity index (χ0n) is 69.7. The predicted octanol–water partition coefficient (Wildman–Crippen LogP) is -24.7. The van der Waals surface area contributed by atoms with Crippen LogP contribution in [0.4, 0.5) is 0 Å². The van der Waals surface area contributed by atoms with Gasteiger partial charge >= 0.3 is 0 Å². The minimum Gasteiger partial charge on any atom is -0.394 e. The average Bonchev–Trinajstić information content (AvgIpc) is 0.790. The summed E-state index contributed by atoms with van der Waals surface area (Å²) in [6.45, 7) is 0.0876. The zero-order chi connectivity index (χ0) is 96.4. The highest BCUT2D eigenvalue weighted by Crippen LogP contribution is 2.38. The van der Waals surface area contributed by atoms with Crippen LogP contribution in [0, 0.1) is 5.92 Å². The lowest BCUT2D eigenvalue weighted by Crippen LogP contribution is -2.68. The van der Waals surface area contributed by atoms with Crippen molar-refractivity contribution in [1.82, 2.24) is 16.0 Å². The van der Waals surface area contributed by atoms with E-state index in [-0.39, 0.29) is 47.5 Å².